The Morgan fingerprint density at radius 3 is 2.80 bits per heavy atom. The van der Waals surface area contributed by atoms with Crippen LogP contribution in [0.15, 0.2) is 21.7 Å². The van der Waals surface area contributed by atoms with Gasteiger partial charge in [0.05, 0.1) is 18.6 Å². The molecular formula is C17H24N2O4S2. The lowest BCUT2D eigenvalue weighted by Crippen LogP contribution is -2.51. The minimum atomic E-state index is -3.52. The summed E-state index contributed by atoms with van der Waals surface area (Å²) < 4.78 is 33.2. The minimum Gasteiger partial charge on any atom is -0.380 e. The Hall–Kier alpha value is -0.960. The van der Waals surface area contributed by atoms with E-state index in [4.69, 9.17) is 4.74 Å². The molecule has 8 heteroatoms. The van der Waals surface area contributed by atoms with Crippen molar-refractivity contribution in [1.82, 2.24) is 9.21 Å². The van der Waals surface area contributed by atoms with Crippen molar-refractivity contribution in [3.05, 3.63) is 17.5 Å². The zero-order valence-corrected chi connectivity index (χ0v) is 16.0. The zero-order valence-electron chi connectivity index (χ0n) is 14.4. The topological polar surface area (TPSA) is 66.9 Å². The summed E-state index contributed by atoms with van der Waals surface area (Å²) in [6.45, 7) is 5.16. The van der Waals surface area contributed by atoms with Gasteiger partial charge in [0.2, 0.25) is 5.91 Å². The third-order valence-corrected chi connectivity index (χ3v) is 9.11. The molecule has 0 saturated carbocycles. The number of hydrogen-bond donors (Lipinski definition) is 0. The first-order valence-electron chi connectivity index (χ1n) is 8.84. The van der Waals surface area contributed by atoms with Gasteiger partial charge in [-0.25, -0.2) is 8.42 Å². The summed E-state index contributed by atoms with van der Waals surface area (Å²) in [5, 5.41) is 1.77. The van der Waals surface area contributed by atoms with Crippen molar-refractivity contribution in [3.63, 3.8) is 0 Å². The Morgan fingerprint density at radius 2 is 2.12 bits per heavy atom. The summed E-state index contributed by atoms with van der Waals surface area (Å²) in [4.78, 5) is 15.2. The quantitative estimate of drug-likeness (QED) is 0.795. The fourth-order valence-electron chi connectivity index (χ4n) is 4.24. The number of hydrogen-bond acceptors (Lipinski definition) is 5. The molecule has 4 heterocycles. The number of piperidine rings is 1. The molecular weight excluding hydrogens is 360 g/mol. The van der Waals surface area contributed by atoms with E-state index in [9.17, 15) is 13.2 Å². The van der Waals surface area contributed by atoms with Crippen molar-refractivity contribution in [1.29, 1.82) is 0 Å². The molecule has 4 rings (SSSR count). The van der Waals surface area contributed by atoms with Crippen LogP contribution in [0.1, 0.15) is 19.8 Å². The fraction of sp³-hybridized carbons (Fsp3) is 0.706. The van der Waals surface area contributed by atoms with Crippen LogP contribution in [0, 0.1) is 17.3 Å². The molecule has 0 radical (unpaired) electrons. The fourth-order valence-corrected chi connectivity index (χ4v) is 6.94. The number of carbonyl (C=O) groups excluding carboxylic acids is 1. The van der Waals surface area contributed by atoms with Gasteiger partial charge in [0.1, 0.15) is 4.21 Å². The smallest absolute Gasteiger partial charge is 0.252 e. The van der Waals surface area contributed by atoms with Crippen molar-refractivity contribution in [3.8, 4) is 0 Å². The predicted octanol–water partition coefficient (Wildman–Crippen LogP) is 1.64. The van der Waals surface area contributed by atoms with Gasteiger partial charge < -0.3 is 9.64 Å². The van der Waals surface area contributed by atoms with E-state index < -0.39 is 15.4 Å². The molecule has 3 fully saturated rings. The van der Waals surface area contributed by atoms with Crippen LogP contribution in [0.3, 0.4) is 0 Å². The van der Waals surface area contributed by atoms with Crippen molar-refractivity contribution in [2.45, 2.75) is 24.0 Å². The number of likely N-dealkylation sites (tertiary alicyclic amines) is 1. The molecule has 25 heavy (non-hydrogen) atoms. The zero-order chi connectivity index (χ0) is 17.7. The number of sulfonamides is 1. The normalized spacial score (nSPS) is 31.4. The molecule has 0 spiro atoms. The highest BCUT2D eigenvalue weighted by Crippen LogP contribution is 2.45. The van der Waals surface area contributed by atoms with Crippen molar-refractivity contribution in [2.75, 3.05) is 39.4 Å². The first kappa shape index (κ1) is 17.5. The third-order valence-electron chi connectivity index (χ3n) is 5.93. The number of rotatable bonds is 3. The molecule has 1 aromatic heterocycles. The lowest BCUT2D eigenvalue weighted by Gasteiger charge is -2.37. The summed E-state index contributed by atoms with van der Waals surface area (Å²) >= 11 is 1.22. The van der Waals surface area contributed by atoms with Crippen LogP contribution < -0.4 is 0 Å². The molecule has 1 aromatic rings. The predicted molar refractivity (Wildman–Crippen MR) is 94.8 cm³/mol. The third kappa shape index (κ3) is 2.83. The number of nitrogens with zero attached hydrogens (tertiary/aromatic N) is 2. The van der Waals surface area contributed by atoms with E-state index in [1.165, 1.54) is 15.6 Å². The Balaban J connectivity index is 1.58. The molecule has 6 nitrogen and oxygen atoms in total. The Labute approximate surface area is 152 Å². The molecule has 0 N–H and O–H groups in total. The second kappa shape index (κ2) is 6.33. The number of carbonyl (C=O) groups is 1. The van der Waals surface area contributed by atoms with Crippen molar-refractivity contribution >= 4 is 27.3 Å². The van der Waals surface area contributed by atoms with Crippen molar-refractivity contribution < 1.29 is 17.9 Å². The summed E-state index contributed by atoms with van der Waals surface area (Å²) in [7, 11) is -3.52. The molecule has 2 atom stereocenters. The molecule has 3 saturated heterocycles. The van der Waals surface area contributed by atoms with Gasteiger partial charge in [-0.1, -0.05) is 13.0 Å². The summed E-state index contributed by atoms with van der Waals surface area (Å²) in [5.74, 6) is 0.691. The van der Waals surface area contributed by atoms with Crippen LogP contribution in [-0.2, 0) is 19.6 Å². The van der Waals surface area contributed by atoms with Crippen LogP contribution in [0.25, 0.3) is 0 Å². The average Bonchev–Trinajstić information content (AvgIpc) is 3.30. The Morgan fingerprint density at radius 1 is 1.36 bits per heavy atom. The maximum atomic E-state index is 13.3. The second-order valence-electron chi connectivity index (χ2n) is 7.57. The molecule has 0 aromatic carbocycles. The van der Waals surface area contributed by atoms with Crippen LogP contribution in [0.5, 0.6) is 0 Å². The molecule has 138 valence electrons. The lowest BCUT2D eigenvalue weighted by molar-refractivity contribution is -0.144. The second-order valence-corrected chi connectivity index (χ2v) is 10.7. The van der Waals surface area contributed by atoms with E-state index in [1.807, 2.05) is 4.90 Å². The first-order chi connectivity index (χ1) is 11.9. The highest BCUT2D eigenvalue weighted by Gasteiger charge is 2.59. The van der Waals surface area contributed by atoms with Crippen LogP contribution >= 0.6 is 11.3 Å². The number of ether oxygens (including phenoxy) is 1. The minimum absolute atomic E-state index is 0.0471. The molecule has 0 unspecified atom stereocenters. The summed E-state index contributed by atoms with van der Waals surface area (Å²) in [6, 6.07) is 3.37. The average molecular weight is 385 g/mol. The van der Waals surface area contributed by atoms with E-state index in [-0.39, 0.29) is 18.4 Å². The van der Waals surface area contributed by atoms with Gasteiger partial charge in [0.15, 0.2) is 0 Å². The van der Waals surface area contributed by atoms with E-state index in [0.29, 0.717) is 29.9 Å². The van der Waals surface area contributed by atoms with Gasteiger partial charge >= 0.3 is 0 Å². The van der Waals surface area contributed by atoms with Gasteiger partial charge in [-0.2, -0.15) is 4.31 Å². The van der Waals surface area contributed by atoms with E-state index in [2.05, 4.69) is 6.92 Å². The van der Waals surface area contributed by atoms with Gasteiger partial charge in [0, 0.05) is 32.1 Å². The monoisotopic (exact) mass is 384 g/mol. The van der Waals surface area contributed by atoms with E-state index in [1.54, 1.807) is 17.5 Å². The molecule has 1 amide bonds. The van der Waals surface area contributed by atoms with Gasteiger partial charge in [-0.15, -0.1) is 11.3 Å². The van der Waals surface area contributed by atoms with Crippen LogP contribution in [-0.4, -0.2) is 62.9 Å². The number of thiophene rings is 1. The number of amides is 1. The largest absolute Gasteiger partial charge is 0.380 e. The standard InChI is InChI=1S/C17H24N2O4S2/c1-13-4-6-18(7-5-13)16(20)17-11-19(9-14(17)10-23-12-17)25(21,22)15-3-2-8-24-15/h2-3,8,13-14H,4-7,9-12H2,1H3/t14-,17-/m1/s1. The number of fused-ring (bicyclic) bond motifs is 1. The first-order valence-corrected chi connectivity index (χ1v) is 11.2. The maximum Gasteiger partial charge on any atom is 0.252 e. The lowest BCUT2D eigenvalue weighted by atomic mass is 9.79. The van der Waals surface area contributed by atoms with E-state index >= 15 is 0 Å². The molecule has 3 aliphatic rings. The highest BCUT2D eigenvalue weighted by molar-refractivity contribution is 7.91. The summed E-state index contributed by atoms with van der Waals surface area (Å²) in [5.41, 5.74) is -0.703. The molecule has 0 aliphatic carbocycles. The van der Waals surface area contributed by atoms with Crippen LogP contribution in [0.2, 0.25) is 0 Å². The SMILES string of the molecule is CC1CCN(C(=O)[C@]23COC[C@H]2CN(S(=O)(=O)c2cccs2)C3)CC1. The van der Waals surface area contributed by atoms with Crippen LogP contribution in [0.4, 0.5) is 0 Å². The van der Waals surface area contributed by atoms with Crippen molar-refractivity contribution in [2.24, 2.45) is 17.3 Å². The highest BCUT2D eigenvalue weighted by atomic mass is 32.2. The molecule has 0 bridgehead atoms. The van der Waals surface area contributed by atoms with Gasteiger partial charge in [0.25, 0.3) is 10.0 Å². The molecule has 3 aliphatic heterocycles. The van der Waals surface area contributed by atoms with Gasteiger partial charge in [-0.05, 0) is 30.2 Å². The Kier molecular flexibility index (Phi) is 4.42. The van der Waals surface area contributed by atoms with E-state index in [0.717, 1.165) is 25.9 Å². The summed E-state index contributed by atoms with van der Waals surface area (Å²) in [6.07, 6.45) is 2.04. The Bertz CT molecular complexity index is 741. The maximum absolute atomic E-state index is 13.3. The van der Waals surface area contributed by atoms with Gasteiger partial charge in [-0.3, -0.25) is 4.79 Å².